The van der Waals surface area contributed by atoms with Gasteiger partial charge in [0.25, 0.3) is 5.69 Å². The van der Waals surface area contributed by atoms with E-state index in [1.54, 1.807) is 25.3 Å². The van der Waals surface area contributed by atoms with Gasteiger partial charge in [-0.3, -0.25) is 14.9 Å². The molecule has 0 unspecified atom stereocenters. The maximum Gasteiger partial charge on any atom is 0.292 e. The highest BCUT2D eigenvalue weighted by Gasteiger charge is 2.11. The molecule has 0 atom stereocenters. The number of methoxy groups -OCH3 is 1. The summed E-state index contributed by atoms with van der Waals surface area (Å²) in [5.74, 6) is 0.984. The predicted molar refractivity (Wildman–Crippen MR) is 98.3 cm³/mol. The summed E-state index contributed by atoms with van der Waals surface area (Å²) >= 11 is 1.43. The first-order valence-corrected chi connectivity index (χ1v) is 8.59. The van der Waals surface area contributed by atoms with Gasteiger partial charge in [-0.1, -0.05) is 12.1 Å². The molecule has 0 aliphatic rings. The van der Waals surface area contributed by atoms with Crippen LogP contribution in [-0.2, 0) is 4.79 Å². The Morgan fingerprint density at radius 1 is 1.16 bits per heavy atom. The lowest BCUT2D eigenvalue weighted by Crippen LogP contribution is -2.30. The molecule has 2 aromatic rings. The molecule has 0 saturated carbocycles. The minimum Gasteiger partial charge on any atom is -0.497 e. The fourth-order valence-electron chi connectivity index (χ4n) is 2.05. The smallest absolute Gasteiger partial charge is 0.292 e. The fraction of sp³-hybridized carbons (Fsp3) is 0.235. The molecule has 2 N–H and O–H groups in total. The topological polar surface area (TPSA) is 93.5 Å². The van der Waals surface area contributed by atoms with Gasteiger partial charge in [-0.2, -0.15) is 0 Å². The van der Waals surface area contributed by atoms with Gasteiger partial charge in [0.15, 0.2) is 0 Å². The van der Waals surface area contributed by atoms with E-state index in [4.69, 9.17) is 4.74 Å². The molecule has 0 aromatic heterocycles. The zero-order valence-electron chi connectivity index (χ0n) is 13.7. The predicted octanol–water partition coefficient (Wildman–Crippen LogP) is 2.92. The minimum atomic E-state index is -0.438. The highest BCUT2D eigenvalue weighted by atomic mass is 32.2. The number of hydrogen-bond donors (Lipinski definition) is 2. The number of para-hydroxylation sites is 2. The molecule has 0 radical (unpaired) electrons. The highest BCUT2D eigenvalue weighted by molar-refractivity contribution is 8.00. The molecule has 7 nitrogen and oxygen atoms in total. The van der Waals surface area contributed by atoms with Crippen LogP contribution in [0.3, 0.4) is 0 Å². The van der Waals surface area contributed by atoms with Crippen molar-refractivity contribution in [3.05, 3.63) is 58.6 Å². The number of amides is 1. The van der Waals surface area contributed by atoms with E-state index in [0.29, 0.717) is 24.5 Å². The van der Waals surface area contributed by atoms with Crippen molar-refractivity contribution in [3.63, 3.8) is 0 Å². The summed E-state index contributed by atoms with van der Waals surface area (Å²) in [5, 5.41) is 16.6. The number of nitro benzene ring substituents is 1. The van der Waals surface area contributed by atoms with Crippen molar-refractivity contribution in [2.75, 3.05) is 31.3 Å². The van der Waals surface area contributed by atoms with Gasteiger partial charge in [-0.15, -0.1) is 11.8 Å². The second kappa shape index (κ2) is 9.53. The molecule has 0 aliphatic carbocycles. The summed E-state index contributed by atoms with van der Waals surface area (Å²) in [6, 6.07) is 13.9. The van der Waals surface area contributed by atoms with Crippen molar-refractivity contribution >= 4 is 29.0 Å². The third-order valence-corrected chi connectivity index (χ3v) is 4.30. The number of hydrogen-bond acceptors (Lipinski definition) is 6. The van der Waals surface area contributed by atoms with E-state index in [9.17, 15) is 14.9 Å². The molecule has 0 aliphatic heterocycles. The van der Waals surface area contributed by atoms with E-state index in [1.165, 1.54) is 17.8 Å². The standard InChI is InChI=1S/C17H19N3O4S/c1-24-13-6-8-14(9-7-13)25-12-17(21)19-11-10-18-15-4-2-3-5-16(15)20(22)23/h2-9,18H,10-12H2,1H3,(H,19,21). The van der Waals surface area contributed by atoms with Gasteiger partial charge in [0.05, 0.1) is 17.8 Å². The summed E-state index contributed by atoms with van der Waals surface area (Å²) in [6.45, 7) is 0.790. The first kappa shape index (κ1) is 18.6. The van der Waals surface area contributed by atoms with E-state index < -0.39 is 4.92 Å². The van der Waals surface area contributed by atoms with Crippen LogP contribution in [0, 0.1) is 10.1 Å². The Balaban J connectivity index is 1.69. The lowest BCUT2D eigenvalue weighted by atomic mass is 10.2. The van der Waals surface area contributed by atoms with Crippen molar-refractivity contribution in [3.8, 4) is 5.75 Å². The maximum atomic E-state index is 11.8. The van der Waals surface area contributed by atoms with Crippen LogP contribution in [0.2, 0.25) is 0 Å². The van der Waals surface area contributed by atoms with Crippen LogP contribution in [0.15, 0.2) is 53.4 Å². The Kier molecular flexibility index (Phi) is 7.09. The van der Waals surface area contributed by atoms with Gasteiger partial charge in [0, 0.05) is 24.1 Å². The number of nitro groups is 1. The largest absolute Gasteiger partial charge is 0.497 e. The average molecular weight is 361 g/mol. The summed E-state index contributed by atoms with van der Waals surface area (Å²) in [6.07, 6.45) is 0. The maximum absolute atomic E-state index is 11.8. The molecule has 2 rings (SSSR count). The van der Waals surface area contributed by atoms with Crippen LogP contribution < -0.4 is 15.4 Å². The second-order valence-corrected chi connectivity index (χ2v) is 6.06. The molecule has 132 valence electrons. The third kappa shape index (κ3) is 6.00. The molecule has 0 spiro atoms. The molecule has 0 heterocycles. The molecule has 25 heavy (non-hydrogen) atoms. The summed E-state index contributed by atoms with van der Waals surface area (Å²) in [7, 11) is 1.60. The van der Waals surface area contributed by atoms with Crippen molar-refractivity contribution in [1.82, 2.24) is 5.32 Å². The number of carbonyl (C=O) groups excluding carboxylic acids is 1. The lowest BCUT2D eigenvalue weighted by Gasteiger charge is -2.08. The van der Waals surface area contributed by atoms with Crippen molar-refractivity contribution in [2.24, 2.45) is 0 Å². The molecule has 2 aromatic carbocycles. The molecule has 0 fully saturated rings. The Morgan fingerprint density at radius 2 is 1.88 bits per heavy atom. The summed E-state index contributed by atoms with van der Waals surface area (Å²) < 4.78 is 5.08. The van der Waals surface area contributed by atoms with Gasteiger partial charge in [0.2, 0.25) is 5.91 Å². The zero-order chi connectivity index (χ0) is 18.1. The number of thioether (sulfide) groups is 1. The first-order valence-electron chi connectivity index (χ1n) is 7.61. The average Bonchev–Trinajstić information content (AvgIpc) is 2.64. The number of anilines is 1. The molecular formula is C17H19N3O4S. The van der Waals surface area contributed by atoms with E-state index in [-0.39, 0.29) is 11.6 Å². The van der Waals surface area contributed by atoms with Gasteiger partial charge >= 0.3 is 0 Å². The SMILES string of the molecule is COc1ccc(SCC(=O)NCCNc2ccccc2[N+](=O)[O-])cc1. The second-order valence-electron chi connectivity index (χ2n) is 5.02. The third-order valence-electron chi connectivity index (χ3n) is 3.29. The van der Waals surface area contributed by atoms with Gasteiger partial charge in [0.1, 0.15) is 11.4 Å². The first-order chi connectivity index (χ1) is 12.1. The zero-order valence-corrected chi connectivity index (χ0v) is 14.5. The Morgan fingerprint density at radius 3 is 2.56 bits per heavy atom. The van der Waals surface area contributed by atoms with Gasteiger partial charge in [-0.25, -0.2) is 0 Å². The van der Waals surface area contributed by atoms with Crippen molar-refractivity contribution in [1.29, 1.82) is 0 Å². The minimum absolute atomic E-state index is 0.0175. The van der Waals surface area contributed by atoms with Gasteiger partial charge in [-0.05, 0) is 30.3 Å². The summed E-state index contributed by atoms with van der Waals surface area (Å²) in [4.78, 5) is 23.3. The van der Waals surface area contributed by atoms with Gasteiger partial charge < -0.3 is 15.4 Å². The van der Waals surface area contributed by atoms with E-state index >= 15 is 0 Å². The van der Waals surface area contributed by atoms with Crippen LogP contribution in [-0.4, -0.2) is 36.8 Å². The molecule has 1 amide bonds. The molecule has 0 bridgehead atoms. The number of ether oxygens (including phenoxy) is 1. The van der Waals surface area contributed by atoms with E-state index in [0.717, 1.165) is 10.6 Å². The lowest BCUT2D eigenvalue weighted by molar-refractivity contribution is -0.384. The monoisotopic (exact) mass is 361 g/mol. The van der Waals surface area contributed by atoms with Crippen molar-refractivity contribution < 1.29 is 14.5 Å². The molecule has 0 saturated heterocycles. The number of nitrogens with one attached hydrogen (secondary N) is 2. The van der Waals surface area contributed by atoms with Crippen LogP contribution in [0.25, 0.3) is 0 Å². The van der Waals surface area contributed by atoms with Crippen LogP contribution in [0.4, 0.5) is 11.4 Å². The number of rotatable bonds is 9. The Labute approximate surface area is 149 Å². The molecule has 8 heteroatoms. The van der Waals surface area contributed by atoms with E-state index in [1.807, 2.05) is 24.3 Å². The summed E-state index contributed by atoms with van der Waals surface area (Å²) in [5.41, 5.74) is 0.457. The quantitative estimate of drug-likeness (QED) is 0.309. The highest BCUT2D eigenvalue weighted by Crippen LogP contribution is 2.23. The van der Waals surface area contributed by atoms with E-state index in [2.05, 4.69) is 10.6 Å². The van der Waals surface area contributed by atoms with Crippen LogP contribution >= 0.6 is 11.8 Å². The Hall–Kier alpha value is -2.74. The van der Waals surface area contributed by atoms with Crippen LogP contribution in [0.1, 0.15) is 0 Å². The number of carbonyl (C=O) groups is 1. The van der Waals surface area contributed by atoms with Crippen molar-refractivity contribution in [2.45, 2.75) is 4.90 Å². The number of nitrogens with zero attached hydrogens (tertiary/aromatic N) is 1. The normalized spacial score (nSPS) is 10.1. The fourth-order valence-corrected chi connectivity index (χ4v) is 2.78. The molecular weight excluding hydrogens is 342 g/mol. The van der Waals surface area contributed by atoms with Crippen LogP contribution in [0.5, 0.6) is 5.75 Å². The Bertz CT molecular complexity index is 722. The number of benzene rings is 2.